The van der Waals surface area contributed by atoms with Gasteiger partial charge in [0.05, 0.1) is 17.3 Å². The third kappa shape index (κ3) is 5.87. The Morgan fingerprint density at radius 2 is 0.925 bits per heavy atom. The van der Waals surface area contributed by atoms with Crippen LogP contribution < -0.4 is 0 Å². The van der Waals surface area contributed by atoms with Gasteiger partial charge in [-0.15, -0.1) is 0 Å². The van der Waals surface area contributed by atoms with Crippen LogP contribution in [0.5, 0.6) is 0 Å². The zero-order chi connectivity index (χ0) is 35.9. The van der Waals surface area contributed by atoms with Gasteiger partial charge in [0.2, 0.25) is 0 Å². The first-order valence-corrected chi connectivity index (χ1v) is 17.7. The predicted molar refractivity (Wildman–Crippen MR) is 213 cm³/mol. The summed E-state index contributed by atoms with van der Waals surface area (Å²) in [4.78, 5) is 19.4. The first kappa shape index (κ1) is 31.9. The highest BCUT2D eigenvalue weighted by Gasteiger charge is 2.35. The quantitative estimate of drug-likeness (QED) is 0.175. The van der Waals surface area contributed by atoms with Gasteiger partial charge in [-0.25, -0.2) is 15.0 Å². The van der Waals surface area contributed by atoms with E-state index in [1.165, 1.54) is 22.3 Å². The van der Waals surface area contributed by atoms with Gasteiger partial charge in [-0.2, -0.15) is 5.26 Å². The summed E-state index contributed by atoms with van der Waals surface area (Å²) in [6, 6.07) is 56.4. The lowest BCUT2D eigenvalue weighted by atomic mass is 9.81. The summed E-state index contributed by atoms with van der Waals surface area (Å²) >= 11 is 0. The molecule has 8 aromatic rings. The fraction of sp³-hybridized carbons (Fsp3) is 0.0625. The van der Waals surface area contributed by atoms with Gasteiger partial charge in [-0.3, -0.25) is 4.98 Å². The summed E-state index contributed by atoms with van der Waals surface area (Å²) in [5.74, 6) is 1.89. The standard InChI is InChI=1S/C48H33N5/c1-48(2)42-25-31(30-49)16-22-40(42)41-23-21-36(29-43(41)48)38-26-37(27-39(28-38)44-15-9-10-24-50-44)32-17-19-35(20-18-32)47-52-45(33-11-5-3-6-12-33)51-46(53-47)34-13-7-4-8-14-34/h3-29H,1-2H3. The fourth-order valence-electron chi connectivity index (χ4n) is 7.38. The lowest BCUT2D eigenvalue weighted by Crippen LogP contribution is -2.15. The van der Waals surface area contributed by atoms with Crippen LogP contribution in [0.2, 0.25) is 0 Å². The van der Waals surface area contributed by atoms with Crippen molar-refractivity contribution < 1.29 is 0 Å². The molecule has 0 spiro atoms. The normalized spacial score (nSPS) is 12.5. The highest BCUT2D eigenvalue weighted by Crippen LogP contribution is 2.50. The molecule has 0 amide bonds. The minimum absolute atomic E-state index is 0.236. The summed E-state index contributed by atoms with van der Waals surface area (Å²) in [5.41, 5.74) is 14.5. The molecule has 1 aliphatic carbocycles. The number of fused-ring (bicyclic) bond motifs is 3. The average molecular weight is 680 g/mol. The highest BCUT2D eigenvalue weighted by atomic mass is 15.0. The second kappa shape index (κ2) is 12.9. The Morgan fingerprint density at radius 1 is 0.434 bits per heavy atom. The van der Waals surface area contributed by atoms with E-state index in [2.05, 4.69) is 92.7 Å². The summed E-state index contributed by atoms with van der Waals surface area (Å²) in [7, 11) is 0. The second-order valence-corrected chi connectivity index (χ2v) is 13.9. The molecule has 0 radical (unpaired) electrons. The molecule has 250 valence electrons. The SMILES string of the molecule is CC1(C)c2cc(C#N)ccc2-c2ccc(-c3cc(-c4ccc(-c5nc(-c6ccccc6)nc(-c6ccccc6)n5)cc4)cc(-c4ccccn4)c3)cc21. The Hall–Kier alpha value is -7.03. The molecule has 1 aliphatic rings. The van der Waals surface area contributed by atoms with Crippen LogP contribution in [-0.2, 0) is 5.41 Å². The Bertz CT molecular complexity index is 2620. The van der Waals surface area contributed by atoms with E-state index in [9.17, 15) is 5.26 Å². The second-order valence-electron chi connectivity index (χ2n) is 13.9. The molecule has 0 bridgehead atoms. The van der Waals surface area contributed by atoms with Gasteiger partial charge in [0, 0.05) is 33.9 Å². The summed E-state index contributed by atoms with van der Waals surface area (Å²) < 4.78 is 0. The first-order valence-electron chi connectivity index (χ1n) is 17.7. The van der Waals surface area contributed by atoms with Crippen LogP contribution in [0, 0.1) is 11.3 Å². The third-order valence-electron chi connectivity index (χ3n) is 10.2. The number of pyridine rings is 1. The van der Waals surface area contributed by atoms with Crippen molar-refractivity contribution in [3.05, 3.63) is 181 Å². The molecule has 0 aliphatic heterocycles. The zero-order valence-electron chi connectivity index (χ0n) is 29.3. The number of nitrogens with zero attached hydrogens (tertiary/aromatic N) is 5. The number of rotatable bonds is 6. The molecule has 9 rings (SSSR count). The summed E-state index contributed by atoms with van der Waals surface area (Å²) in [5, 5.41) is 9.61. The maximum absolute atomic E-state index is 9.61. The molecule has 6 aromatic carbocycles. The lowest BCUT2D eigenvalue weighted by Gasteiger charge is -2.22. The summed E-state index contributed by atoms with van der Waals surface area (Å²) in [6.45, 7) is 4.50. The number of aromatic nitrogens is 4. The number of benzene rings is 6. The van der Waals surface area contributed by atoms with Gasteiger partial charge in [0.15, 0.2) is 17.5 Å². The molecular formula is C48H33N5. The van der Waals surface area contributed by atoms with Crippen molar-refractivity contribution in [3.8, 4) is 84.9 Å². The molecule has 0 unspecified atom stereocenters. The minimum atomic E-state index is -0.236. The van der Waals surface area contributed by atoms with Gasteiger partial charge in [-0.1, -0.05) is 123 Å². The molecule has 0 saturated heterocycles. The van der Waals surface area contributed by atoms with Gasteiger partial charge in [-0.05, 0) is 93.0 Å². The van der Waals surface area contributed by atoms with Crippen LogP contribution in [0.15, 0.2) is 164 Å². The molecule has 5 heteroatoms. The largest absolute Gasteiger partial charge is 0.256 e. The molecule has 0 atom stereocenters. The Kier molecular flexibility index (Phi) is 7.79. The van der Waals surface area contributed by atoms with Gasteiger partial charge >= 0.3 is 0 Å². The molecule has 0 saturated carbocycles. The van der Waals surface area contributed by atoms with Crippen molar-refractivity contribution in [1.82, 2.24) is 19.9 Å². The van der Waals surface area contributed by atoms with Crippen LogP contribution in [0.1, 0.15) is 30.5 Å². The van der Waals surface area contributed by atoms with E-state index in [1.54, 1.807) is 0 Å². The van der Waals surface area contributed by atoms with Gasteiger partial charge in [0.1, 0.15) is 0 Å². The van der Waals surface area contributed by atoms with Crippen LogP contribution in [0.25, 0.3) is 78.8 Å². The van der Waals surface area contributed by atoms with E-state index in [4.69, 9.17) is 19.9 Å². The predicted octanol–water partition coefficient (Wildman–Crippen LogP) is 11.4. The van der Waals surface area contributed by atoms with Gasteiger partial charge in [0.25, 0.3) is 0 Å². The lowest BCUT2D eigenvalue weighted by molar-refractivity contribution is 0.660. The van der Waals surface area contributed by atoms with E-state index in [-0.39, 0.29) is 5.41 Å². The molecule has 53 heavy (non-hydrogen) atoms. The Balaban J connectivity index is 1.13. The fourth-order valence-corrected chi connectivity index (χ4v) is 7.38. The Labute approximate surface area is 309 Å². The maximum Gasteiger partial charge on any atom is 0.164 e. The number of hydrogen-bond acceptors (Lipinski definition) is 5. The van der Waals surface area contributed by atoms with E-state index in [0.29, 0.717) is 23.0 Å². The molecule has 2 aromatic heterocycles. The first-order chi connectivity index (χ1) is 25.9. The van der Waals surface area contributed by atoms with Crippen LogP contribution in [-0.4, -0.2) is 19.9 Å². The van der Waals surface area contributed by atoms with Crippen LogP contribution in [0.3, 0.4) is 0 Å². The van der Waals surface area contributed by atoms with Crippen molar-refractivity contribution in [1.29, 1.82) is 5.26 Å². The molecule has 0 fully saturated rings. The smallest absolute Gasteiger partial charge is 0.164 e. The summed E-state index contributed by atoms with van der Waals surface area (Å²) in [6.07, 6.45) is 1.84. The van der Waals surface area contributed by atoms with E-state index in [1.807, 2.05) is 91.1 Å². The highest BCUT2D eigenvalue weighted by molar-refractivity contribution is 5.86. The minimum Gasteiger partial charge on any atom is -0.256 e. The van der Waals surface area contributed by atoms with Crippen molar-refractivity contribution >= 4 is 0 Å². The van der Waals surface area contributed by atoms with Crippen molar-refractivity contribution in [2.45, 2.75) is 19.3 Å². The maximum atomic E-state index is 9.61. The number of nitriles is 1. The van der Waals surface area contributed by atoms with Crippen molar-refractivity contribution in [3.63, 3.8) is 0 Å². The van der Waals surface area contributed by atoms with E-state index >= 15 is 0 Å². The third-order valence-corrected chi connectivity index (χ3v) is 10.2. The molecule has 2 heterocycles. The van der Waals surface area contributed by atoms with Gasteiger partial charge < -0.3 is 0 Å². The van der Waals surface area contributed by atoms with Crippen LogP contribution >= 0.6 is 0 Å². The number of hydrogen-bond donors (Lipinski definition) is 0. The average Bonchev–Trinajstić information content (AvgIpc) is 3.46. The van der Waals surface area contributed by atoms with Crippen molar-refractivity contribution in [2.24, 2.45) is 0 Å². The molecule has 5 nitrogen and oxygen atoms in total. The topological polar surface area (TPSA) is 75.3 Å². The van der Waals surface area contributed by atoms with E-state index < -0.39 is 0 Å². The van der Waals surface area contributed by atoms with E-state index in [0.717, 1.165) is 50.2 Å². The van der Waals surface area contributed by atoms with Crippen molar-refractivity contribution in [2.75, 3.05) is 0 Å². The van der Waals surface area contributed by atoms with Crippen LogP contribution in [0.4, 0.5) is 0 Å². The molecule has 0 N–H and O–H groups in total. The Morgan fingerprint density at radius 3 is 1.51 bits per heavy atom. The zero-order valence-corrected chi connectivity index (χ0v) is 29.3. The monoisotopic (exact) mass is 679 g/mol. The molecular weight excluding hydrogens is 647 g/mol.